The number of nitrogens with one attached hydrogen (secondary N) is 1. The molecular weight excluding hydrogens is 292 g/mol. The predicted octanol–water partition coefficient (Wildman–Crippen LogP) is 2.55. The molecule has 1 aliphatic heterocycles. The van der Waals surface area contributed by atoms with E-state index in [4.69, 9.17) is 0 Å². The molecule has 1 aromatic rings. The molecule has 0 radical (unpaired) electrons. The van der Waals surface area contributed by atoms with Crippen molar-refractivity contribution >= 4 is 6.09 Å². The number of amides is 1. The van der Waals surface area contributed by atoms with Crippen LogP contribution in [0.2, 0.25) is 0 Å². The second-order valence-electron chi connectivity index (χ2n) is 7.49. The summed E-state index contributed by atoms with van der Waals surface area (Å²) < 4.78 is 0. The van der Waals surface area contributed by atoms with Crippen molar-refractivity contribution < 1.29 is 15.0 Å². The first kappa shape index (κ1) is 17.8. The van der Waals surface area contributed by atoms with Crippen LogP contribution < -0.4 is 5.32 Å². The zero-order chi connectivity index (χ0) is 17.1. The van der Waals surface area contributed by atoms with Crippen molar-refractivity contribution in [1.82, 2.24) is 10.2 Å². The lowest BCUT2D eigenvalue weighted by molar-refractivity contribution is 0.00536. The lowest BCUT2D eigenvalue weighted by Gasteiger charge is -2.45. The zero-order valence-corrected chi connectivity index (χ0v) is 14.2. The Balaban J connectivity index is 2.17. The van der Waals surface area contributed by atoms with Crippen molar-refractivity contribution in [2.24, 2.45) is 11.3 Å². The van der Waals surface area contributed by atoms with Crippen molar-refractivity contribution in [3.8, 4) is 0 Å². The number of rotatable bonds is 5. The van der Waals surface area contributed by atoms with Gasteiger partial charge in [0.05, 0.1) is 12.1 Å². The number of hydrogen-bond donors (Lipinski definition) is 3. The molecule has 2 rings (SSSR count). The first-order valence-electron chi connectivity index (χ1n) is 8.17. The smallest absolute Gasteiger partial charge is 0.407 e. The van der Waals surface area contributed by atoms with Crippen LogP contribution in [0.4, 0.5) is 4.79 Å². The first-order valence-corrected chi connectivity index (χ1v) is 8.17. The van der Waals surface area contributed by atoms with Gasteiger partial charge in [0.2, 0.25) is 0 Å². The van der Waals surface area contributed by atoms with Crippen LogP contribution in [0.25, 0.3) is 0 Å². The molecule has 0 bridgehead atoms. The Morgan fingerprint density at radius 1 is 1.35 bits per heavy atom. The van der Waals surface area contributed by atoms with Crippen molar-refractivity contribution in [3.63, 3.8) is 0 Å². The Morgan fingerprint density at radius 2 is 2.00 bits per heavy atom. The van der Waals surface area contributed by atoms with Crippen LogP contribution in [-0.4, -0.2) is 46.4 Å². The van der Waals surface area contributed by atoms with Crippen LogP contribution in [0.3, 0.4) is 0 Å². The highest BCUT2D eigenvalue weighted by Gasteiger charge is 2.54. The molecule has 5 nitrogen and oxygen atoms in total. The molecule has 1 fully saturated rings. The van der Waals surface area contributed by atoms with Crippen molar-refractivity contribution in [3.05, 3.63) is 35.9 Å². The van der Waals surface area contributed by atoms with E-state index in [1.807, 2.05) is 30.3 Å². The summed E-state index contributed by atoms with van der Waals surface area (Å²) in [6.07, 6.45) is -0.170. The van der Waals surface area contributed by atoms with Crippen LogP contribution >= 0.6 is 0 Å². The number of carbonyl (C=O) groups is 1. The van der Waals surface area contributed by atoms with Gasteiger partial charge in [0.15, 0.2) is 0 Å². The van der Waals surface area contributed by atoms with Crippen molar-refractivity contribution in [1.29, 1.82) is 0 Å². The van der Waals surface area contributed by atoms with Gasteiger partial charge < -0.3 is 15.5 Å². The number of benzene rings is 1. The van der Waals surface area contributed by atoms with Gasteiger partial charge in [-0.1, -0.05) is 51.1 Å². The Morgan fingerprint density at radius 3 is 2.52 bits per heavy atom. The SMILES string of the molecule is CC(C)(C)C1CCN(C(=O)O)C1(CO)CNCc1ccccc1. The molecule has 23 heavy (non-hydrogen) atoms. The van der Waals surface area contributed by atoms with E-state index in [1.54, 1.807) is 0 Å². The molecule has 0 aromatic heterocycles. The quantitative estimate of drug-likeness (QED) is 0.779. The summed E-state index contributed by atoms with van der Waals surface area (Å²) in [7, 11) is 0. The Bertz CT molecular complexity index is 527. The average Bonchev–Trinajstić information content (AvgIpc) is 2.88. The molecule has 5 heteroatoms. The van der Waals surface area contributed by atoms with Gasteiger partial charge in [-0.2, -0.15) is 0 Å². The molecule has 1 amide bonds. The van der Waals surface area contributed by atoms with Gasteiger partial charge in [-0.25, -0.2) is 4.79 Å². The van der Waals surface area contributed by atoms with E-state index < -0.39 is 11.6 Å². The zero-order valence-electron chi connectivity index (χ0n) is 14.2. The third kappa shape index (κ3) is 3.67. The van der Waals surface area contributed by atoms with E-state index in [2.05, 4.69) is 26.1 Å². The summed E-state index contributed by atoms with van der Waals surface area (Å²) in [5, 5.41) is 23.0. The highest BCUT2D eigenvalue weighted by Crippen LogP contribution is 2.45. The molecule has 2 atom stereocenters. The van der Waals surface area contributed by atoms with Gasteiger partial charge >= 0.3 is 6.09 Å². The van der Waals surface area contributed by atoms with Crippen molar-refractivity contribution in [2.45, 2.75) is 39.3 Å². The molecule has 3 N–H and O–H groups in total. The standard InChI is InChI=1S/C18H28N2O3/c1-17(2,3)15-9-10-20(16(22)23)18(15,13-21)12-19-11-14-7-5-4-6-8-14/h4-8,15,19,21H,9-13H2,1-3H3,(H,22,23). The fourth-order valence-electron chi connectivity index (χ4n) is 3.95. The third-order valence-corrected chi connectivity index (χ3v) is 4.98. The Hall–Kier alpha value is -1.59. The summed E-state index contributed by atoms with van der Waals surface area (Å²) in [4.78, 5) is 13.1. The largest absolute Gasteiger partial charge is 0.465 e. The molecular formula is C18H28N2O3. The number of carboxylic acid groups (broad SMARTS) is 1. The van der Waals surface area contributed by atoms with Crippen LogP contribution in [0, 0.1) is 11.3 Å². The van der Waals surface area contributed by atoms with Crippen LogP contribution in [-0.2, 0) is 6.54 Å². The number of hydrogen-bond acceptors (Lipinski definition) is 3. The molecule has 2 unspecified atom stereocenters. The van der Waals surface area contributed by atoms with Crippen LogP contribution in [0.15, 0.2) is 30.3 Å². The molecule has 1 aliphatic rings. The Kier molecular flexibility index (Phi) is 5.32. The molecule has 1 saturated heterocycles. The monoisotopic (exact) mass is 320 g/mol. The van der Waals surface area contributed by atoms with Crippen molar-refractivity contribution in [2.75, 3.05) is 19.7 Å². The normalized spacial score (nSPS) is 24.9. The minimum Gasteiger partial charge on any atom is -0.465 e. The first-order chi connectivity index (χ1) is 10.8. The van der Waals surface area contributed by atoms with Crippen LogP contribution in [0.5, 0.6) is 0 Å². The summed E-state index contributed by atoms with van der Waals surface area (Å²) in [5.41, 5.74) is 0.313. The fraction of sp³-hybridized carbons (Fsp3) is 0.611. The molecule has 0 saturated carbocycles. The highest BCUT2D eigenvalue weighted by atomic mass is 16.4. The van der Waals surface area contributed by atoms with E-state index in [-0.39, 0.29) is 17.9 Å². The van der Waals surface area contributed by atoms with Gasteiger partial charge in [-0.05, 0) is 23.3 Å². The lowest BCUT2D eigenvalue weighted by atomic mass is 9.69. The highest BCUT2D eigenvalue weighted by molar-refractivity contribution is 5.67. The van der Waals surface area contributed by atoms with Gasteiger partial charge in [0.25, 0.3) is 0 Å². The maximum Gasteiger partial charge on any atom is 0.407 e. The van der Waals surface area contributed by atoms with E-state index in [1.165, 1.54) is 4.90 Å². The molecule has 1 aromatic carbocycles. The average molecular weight is 320 g/mol. The third-order valence-electron chi connectivity index (χ3n) is 4.98. The maximum absolute atomic E-state index is 11.7. The van der Waals surface area contributed by atoms with E-state index >= 15 is 0 Å². The molecule has 1 heterocycles. The molecule has 128 valence electrons. The van der Waals surface area contributed by atoms with Crippen LogP contribution in [0.1, 0.15) is 32.8 Å². The number of aliphatic hydroxyl groups excluding tert-OH is 1. The minimum atomic E-state index is -0.952. The Labute approximate surface area is 138 Å². The number of nitrogens with zero attached hydrogens (tertiary/aromatic N) is 1. The molecule has 0 aliphatic carbocycles. The van der Waals surface area contributed by atoms with E-state index in [9.17, 15) is 15.0 Å². The van der Waals surface area contributed by atoms with E-state index in [0.717, 1.165) is 12.0 Å². The second-order valence-corrected chi connectivity index (χ2v) is 7.49. The second kappa shape index (κ2) is 6.89. The number of likely N-dealkylation sites (tertiary alicyclic amines) is 1. The van der Waals surface area contributed by atoms with Gasteiger partial charge in [-0.15, -0.1) is 0 Å². The minimum absolute atomic E-state index is 0.0681. The fourth-order valence-corrected chi connectivity index (χ4v) is 3.95. The summed E-state index contributed by atoms with van der Waals surface area (Å²) in [6, 6.07) is 10.00. The number of aliphatic hydroxyl groups is 1. The predicted molar refractivity (Wildman–Crippen MR) is 90.3 cm³/mol. The summed E-state index contributed by atoms with van der Waals surface area (Å²) >= 11 is 0. The lowest BCUT2D eigenvalue weighted by Crippen LogP contribution is -2.61. The summed E-state index contributed by atoms with van der Waals surface area (Å²) in [6.45, 7) is 7.77. The topological polar surface area (TPSA) is 72.8 Å². The van der Waals surface area contributed by atoms with Gasteiger partial charge in [0, 0.05) is 19.6 Å². The summed E-state index contributed by atoms with van der Waals surface area (Å²) in [5.74, 6) is 0.111. The van der Waals surface area contributed by atoms with Gasteiger partial charge in [-0.3, -0.25) is 4.90 Å². The van der Waals surface area contributed by atoms with E-state index in [0.29, 0.717) is 19.6 Å². The van der Waals surface area contributed by atoms with Gasteiger partial charge in [0.1, 0.15) is 0 Å². The maximum atomic E-state index is 11.7. The molecule has 0 spiro atoms.